The molecule has 1 aliphatic rings. The molecular formula is C12H27N3. The lowest BCUT2D eigenvalue weighted by Crippen LogP contribution is -2.44. The second-order valence-corrected chi connectivity index (χ2v) is 5.01. The van der Waals surface area contributed by atoms with Gasteiger partial charge >= 0.3 is 0 Å². The van der Waals surface area contributed by atoms with Crippen LogP contribution < -0.4 is 11.1 Å². The van der Waals surface area contributed by atoms with Gasteiger partial charge in [0.1, 0.15) is 0 Å². The molecule has 1 heterocycles. The standard InChI is InChI=1S/C12H27N3/c1-10(4-7-13)12(14-2)11-5-8-15(3)9-6-11/h10-12,14H,4-9,13H2,1-3H3. The van der Waals surface area contributed by atoms with Gasteiger partial charge in [-0.1, -0.05) is 6.92 Å². The first-order valence-corrected chi connectivity index (χ1v) is 6.25. The first kappa shape index (κ1) is 12.9. The summed E-state index contributed by atoms with van der Waals surface area (Å²) in [6.07, 6.45) is 3.80. The molecule has 0 saturated carbocycles. The molecule has 0 amide bonds. The average molecular weight is 213 g/mol. The number of nitrogens with one attached hydrogen (secondary N) is 1. The highest BCUT2D eigenvalue weighted by Crippen LogP contribution is 2.25. The van der Waals surface area contributed by atoms with Crippen molar-refractivity contribution < 1.29 is 0 Å². The number of nitrogens with zero attached hydrogens (tertiary/aromatic N) is 1. The summed E-state index contributed by atoms with van der Waals surface area (Å²) < 4.78 is 0. The first-order chi connectivity index (χ1) is 7.19. The molecule has 1 saturated heterocycles. The molecule has 1 aliphatic heterocycles. The van der Waals surface area contributed by atoms with E-state index in [0.717, 1.165) is 18.9 Å². The van der Waals surface area contributed by atoms with E-state index in [-0.39, 0.29) is 0 Å². The van der Waals surface area contributed by atoms with E-state index >= 15 is 0 Å². The van der Waals surface area contributed by atoms with Gasteiger partial charge in [0.2, 0.25) is 0 Å². The highest BCUT2D eigenvalue weighted by atomic mass is 15.1. The lowest BCUT2D eigenvalue weighted by atomic mass is 9.82. The van der Waals surface area contributed by atoms with Gasteiger partial charge in [0.25, 0.3) is 0 Å². The van der Waals surface area contributed by atoms with E-state index in [1.165, 1.54) is 25.9 Å². The topological polar surface area (TPSA) is 41.3 Å². The Morgan fingerprint density at radius 1 is 1.40 bits per heavy atom. The Kier molecular flexibility index (Phi) is 5.58. The Labute approximate surface area is 94.4 Å². The zero-order chi connectivity index (χ0) is 11.3. The van der Waals surface area contributed by atoms with Gasteiger partial charge in [-0.3, -0.25) is 0 Å². The lowest BCUT2D eigenvalue weighted by molar-refractivity contribution is 0.160. The maximum absolute atomic E-state index is 5.64. The van der Waals surface area contributed by atoms with Crippen LogP contribution in [0.2, 0.25) is 0 Å². The van der Waals surface area contributed by atoms with E-state index in [0.29, 0.717) is 12.0 Å². The summed E-state index contributed by atoms with van der Waals surface area (Å²) >= 11 is 0. The molecule has 0 radical (unpaired) electrons. The fourth-order valence-corrected chi connectivity index (χ4v) is 2.81. The van der Waals surface area contributed by atoms with Crippen LogP contribution in [0.3, 0.4) is 0 Å². The average Bonchev–Trinajstić information content (AvgIpc) is 2.22. The SMILES string of the molecule is CNC(C(C)CCN)C1CCN(C)CC1. The molecular weight excluding hydrogens is 186 g/mol. The van der Waals surface area contributed by atoms with E-state index in [9.17, 15) is 0 Å². The normalized spacial score (nSPS) is 24.0. The van der Waals surface area contributed by atoms with Crippen molar-refractivity contribution in [3.63, 3.8) is 0 Å². The minimum Gasteiger partial charge on any atom is -0.330 e. The highest BCUT2D eigenvalue weighted by Gasteiger charge is 2.27. The maximum Gasteiger partial charge on any atom is 0.0119 e. The van der Waals surface area contributed by atoms with Crippen LogP contribution in [-0.2, 0) is 0 Å². The molecule has 1 fully saturated rings. The van der Waals surface area contributed by atoms with Crippen molar-refractivity contribution in [3.8, 4) is 0 Å². The predicted molar refractivity (Wildman–Crippen MR) is 65.9 cm³/mol. The zero-order valence-electron chi connectivity index (χ0n) is 10.5. The highest BCUT2D eigenvalue weighted by molar-refractivity contribution is 4.84. The molecule has 0 aromatic heterocycles. The third-order valence-corrected chi connectivity index (χ3v) is 3.84. The molecule has 3 nitrogen and oxygen atoms in total. The number of hydrogen-bond acceptors (Lipinski definition) is 3. The summed E-state index contributed by atoms with van der Waals surface area (Å²) in [4.78, 5) is 2.43. The molecule has 3 N–H and O–H groups in total. The summed E-state index contributed by atoms with van der Waals surface area (Å²) in [5, 5.41) is 3.50. The van der Waals surface area contributed by atoms with E-state index in [1.54, 1.807) is 0 Å². The zero-order valence-corrected chi connectivity index (χ0v) is 10.5. The van der Waals surface area contributed by atoms with Crippen molar-refractivity contribution in [2.75, 3.05) is 33.7 Å². The van der Waals surface area contributed by atoms with Gasteiger partial charge in [-0.05, 0) is 64.8 Å². The van der Waals surface area contributed by atoms with Crippen LogP contribution in [0.1, 0.15) is 26.2 Å². The number of nitrogens with two attached hydrogens (primary N) is 1. The van der Waals surface area contributed by atoms with E-state index < -0.39 is 0 Å². The summed E-state index contributed by atoms with van der Waals surface area (Å²) in [7, 11) is 4.31. The summed E-state index contributed by atoms with van der Waals surface area (Å²) in [5.74, 6) is 1.54. The third kappa shape index (κ3) is 3.74. The third-order valence-electron chi connectivity index (χ3n) is 3.84. The number of rotatable bonds is 5. The molecule has 3 heteroatoms. The van der Waals surface area contributed by atoms with Crippen LogP contribution in [0.15, 0.2) is 0 Å². The summed E-state index contributed by atoms with van der Waals surface area (Å²) in [6.45, 7) is 5.63. The monoisotopic (exact) mass is 213 g/mol. The van der Waals surface area contributed by atoms with Crippen molar-refractivity contribution >= 4 is 0 Å². The van der Waals surface area contributed by atoms with E-state index in [4.69, 9.17) is 5.73 Å². The number of likely N-dealkylation sites (tertiary alicyclic amines) is 1. The second kappa shape index (κ2) is 6.46. The number of piperidine rings is 1. The molecule has 15 heavy (non-hydrogen) atoms. The van der Waals surface area contributed by atoms with E-state index in [2.05, 4.69) is 31.2 Å². The minimum absolute atomic E-state index is 0.655. The molecule has 1 rings (SSSR count). The largest absolute Gasteiger partial charge is 0.330 e. The van der Waals surface area contributed by atoms with Crippen LogP contribution in [-0.4, -0.2) is 44.7 Å². The van der Waals surface area contributed by atoms with Gasteiger partial charge in [-0.15, -0.1) is 0 Å². The Hall–Kier alpha value is -0.120. The van der Waals surface area contributed by atoms with Gasteiger partial charge in [-0.2, -0.15) is 0 Å². The van der Waals surface area contributed by atoms with Gasteiger partial charge < -0.3 is 16.0 Å². The molecule has 0 aromatic carbocycles. The molecule has 0 bridgehead atoms. The maximum atomic E-state index is 5.64. The predicted octanol–water partition coefficient (Wildman–Crippen LogP) is 0.901. The van der Waals surface area contributed by atoms with Crippen molar-refractivity contribution in [3.05, 3.63) is 0 Å². The van der Waals surface area contributed by atoms with Gasteiger partial charge in [0.15, 0.2) is 0 Å². The quantitative estimate of drug-likeness (QED) is 0.713. The molecule has 0 spiro atoms. The Morgan fingerprint density at radius 3 is 2.47 bits per heavy atom. The first-order valence-electron chi connectivity index (χ1n) is 6.25. The Balaban J connectivity index is 2.43. The Bertz CT molecular complexity index is 164. The van der Waals surface area contributed by atoms with Gasteiger partial charge in [-0.25, -0.2) is 0 Å². The molecule has 90 valence electrons. The van der Waals surface area contributed by atoms with Crippen molar-refractivity contribution in [2.24, 2.45) is 17.6 Å². The van der Waals surface area contributed by atoms with Crippen molar-refractivity contribution in [2.45, 2.75) is 32.2 Å². The second-order valence-electron chi connectivity index (χ2n) is 5.01. The minimum atomic E-state index is 0.655. The lowest BCUT2D eigenvalue weighted by Gasteiger charge is -2.37. The summed E-state index contributed by atoms with van der Waals surface area (Å²) in [6, 6.07) is 0.655. The number of hydrogen-bond donors (Lipinski definition) is 2. The molecule has 2 atom stereocenters. The van der Waals surface area contributed by atoms with Crippen molar-refractivity contribution in [1.82, 2.24) is 10.2 Å². The van der Waals surface area contributed by atoms with Crippen LogP contribution >= 0.6 is 0 Å². The molecule has 0 aliphatic carbocycles. The summed E-state index contributed by atoms with van der Waals surface area (Å²) in [5.41, 5.74) is 5.64. The fraction of sp³-hybridized carbons (Fsp3) is 1.00. The smallest absolute Gasteiger partial charge is 0.0119 e. The molecule has 2 unspecified atom stereocenters. The van der Waals surface area contributed by atoms with Gasteiger partial charge in [0, 0.05) is 6.04 Å². The van der Waals surface area contributed by atoms with Crippen LogP contribution in [0, 0.1) is 11.8 Å². The van der Waals surface area contributed by atoms with Crippen LogP contribution in [0.4, 0.5) is 0 Å². The molecule has 0 aromatic rings. The fourth-order valence-electron chi connectivity index (χ4n) is 2.81. The van der Waals surface area contributed by atoms with Crippen molar-refractivity contribution in [1.29, 1.82) is 0 Å². The van der Waals surface area contributed by atoms with Crippen LogP contribution in [0.5, 0.6) is 0 Å². The Morgan fingerprint density at radius 2 is 2.00 bits per heavy atom. The van der Waals surface area contributed by atoms with E-state index in [1.807, 2.05) is 0 Å². The van der Waals surface area contributed by atoms with Gasteiger partial charge in [0.05, 0.1) is 0 Å². The van der Waals surface area contributed by atoms with Crippen LogP contribution in [0.25, 0.3) is 0 Å².